The van der Waals surface area contributed by atoms with Gasteiger partial charge in [0.15, 0.2) is 6.10 Å². The highest BCUT2D eigenvalue weighted by atomic mass is 16.5. The number of carbonyl (C=O) groups excluding carboxylic acids is 1. The molecular weight excluding hydrogens is 154 g/mol. The van der Waals surface area contributed by atoms with E-state index >= 15 is 0 Å². The van der Waals surface area contributed by atoms with Crippen LogP contribution >= 0.6 is 0 Å². The van der Waals surface area contributed by atoms with Gasteiger partial charge in [0.05, 0.1) is 0 Å². The first-order valence-electron chi connectivity index (χ1n) is 3.97. The van der Waals surface area contributed by atoms with Crippen molar-refractivity contribution in [2.24, 2.45) is 0 Å². The Morgan fingerprint density at radius 1 is 1.75 bits per heavy atom. The van der Waals surface area contributed by atoms with Crippen molar-refractivity contribution in [1.82, 2.24) is 0 Å². The molecule has 12 heavy (non-hydrogen) atoms. The highest BCUT2D eigenvalue weighted by Crippen LogP contribution is 2.01. The van der Waals surface area contributed by atoms with E-state index < -0.39 is 12.1 Å². The van der Waals surface area contributed by atoms with Gasteiger partial charge in [-0.15, -0.1) is 0 Å². The second-order valence-electron chi connectivity index (χ2n) is 2.34. The van der Waals surface area contributed by atoms with Crippen LogP contribution in [0, 0.1) is 11.3 Å². The van der Waals surface area contributed by atoms with E-state index in [0.29, 0.717) is 6.42 Å². The topological polar surface area (TPSA) is 50.1 Å². The third-order valence-corrected chi connectivity index (χ3v) is 1.26. The molecule has 0 aliphatic heterocycles. The molecule has 0 radical (unpaired) electrons. The summed E-state index contributed by atoms with van der Waals surface area (Å²) in [4.78, 5) is 10.8. The van der Waals surface area contributed by atoms with E-state index in [1.54, 1.807) is 13.0 Å². The highest BCUT2D eigenvalue weighted by molar-refractivity contribution is 5.82. The van der Waals surface area contributed by atoms with Crippen LogP contribution in [0.3, 0.4) is 0 Å². The summed E-state index contributed by atoms with van der Waals surface area (Å²) >= 11 is 0. The fourth-order valence-corrected chi connectivity index (χ4v) is 0.728. The van der Waals surface area contributed by atoms with Crippen LogP contribution in [0.15, 0.2) is 12.2 Å². The molecule has 0 saturated carbocycles. The number of allylic oxidation sites excluding steroid dienone is 1. The first kappa shape index (κ1) is 10.7. The van der Waals surface area contributed by atoms with Gasteiger partial charge >= 0.3 is 5.97 Å². The van der Waals surface area contributed by atoms with Crippen molar-refractivity contribution in [1.29, 1.82) is 5.26 Å². The van der Waals surface area contributed by atoms with Crippen LogP contribution in [0.4, 0.5) is 0 Å². The molecule has 3 heteroatoms. The van der Waals surface area contributed by atoms with Crippen LogP contribution in [0.5, 0.6) is 0 Å². The zero-order valence-electron chi connectivity index (χ0n) is 7.41. The van der Waals surface area contributed by atoms with E-state index in [1.807, 2.05) is 13.0 Å². The molecule has 66 valence electrons. The number of carbonyl (C=O) groups is 1. The molecule has 1 unspecified atom stereocenters. The minimum atomic E-state index is -0.598. The summed E-state index contributed by atoms with van der Waals surface area (Å²) in [5.41, 5.74) is 0. The predicted octanol–water partition coefficient (Wildman–Crippen LogP) is 1.80. The molecular formula is C9H13NO2. The van der Waals surface area contributed by atoms with Crippen LogP contribution in [0.25, 0.3) is 0 Å². The lowest BCUT2D eigenvalue weighted by atomic mass is 10.2. The lowest BCUT2D eigenvalue weighted by molar-refractivity contribution is -0.140. The Morgan fingerprint density at radius 3 is 2.83 bits per heavy atom. The monoisotopic (exact) mass is 167 g/mol. The Labute approximate surface area is 72.6 Å². The first-order valence-corrected chi connectivity index (χ1v) is 3.97. The Bertz CT molecular complexity index is 203. The lowest BCUT2D eigenvalue weighted by Gasteiger charge is -2.06. The Hall–Kier alpha value is -1.30. The summed E-state index contributed by atoms with van der Waals surface area (Å²) in [7, 11) is 0. The molecule has 0 heterocycles. The van der Waals surface area contributed by atoms with Crippen molar-refractivity contribution < 1.29 is 9.53 Å². The highest BCUT2D eigenvalue weighted by Gasteiger charge is 2.09. The molecule has 0 spiro atoms. The van der Waals surface area contributed by atoms with Crippen molar-refractivity contribution in [3.63, 3.8) is 0 Å². The summed E-state index contributed by atoms with van der Waals surface area (Å²) < 4.78 is 4.79. The van der Waals surface area contributed by atoms with Crippen LogP contribution in [-0.4, -0.2) is 12.1 Å². The SMILES string of the molecule is C/C=C/C(=O)OC(C#N)CCC. The van der Waals surface area contributed by atoms with Gasteiger partial charge in [0, 0.05) is 6.08 Å². The van der Waals surface area contributed by atoms with Gasteiger partial charge in [-0.3, -0.25) is 0 Å². The maximum Gasteiger partial charge on any atom is 0.331 e. The van der Waals surface area contributed by atoms with Gasteiger partial charge in [-0.2, -0.15) is 5.26 Å². The van der Waals surface area contributed by atoms with Crippen molar-refractivity contribution in [3.8, 4) is 6.07 Å². The Kier molecular flexibility index (Phi) is 5.72. The normalized spacial score (nSPS) is 12.4. The molecule has 3 nitrogen and oxygen atoms in total. The lowest BCUT2D eigenvalue weighted by Crippen LogP contribution is -2.14. The van der Waals surface area contributed by atoms with Crippen molar-refractivity contribution in [2.45, 2.75) is 32.8 Å². The standard InChI is InChI=1S/C9H13NO2/c1-3-5-8(7-10)12-9(11)6-4-2/h4,6,8H,3,5H2,1-2H3/b6-4+. The zero-order valence-corrected chi connectivity index (χ0v) is 7.41. The van der Waals surface area contributed by atoms with E-state index in [1.165, 1.54) is 6.08 Å². The smallest absolute Gasteiger partial charge is 0.331 e. The van der Waals surface area contributed by atoms with E-state index in [0.717, 1.165) is 6.42 Å². The summed E-state index contributed by atoms with van der Waals surface area (Å²) in [6, 6.07) is 1.92. The fourth-order valence-electron chi connectivity index (χ4n) is 0.728. The van der Waals surface area contributed by atoms with Crippen molar-refractivity contribution in [2.75, 3.05) is 0 Å². The minimum absolute atomic E-state index is 0.447. The largest absolute Gasteiger partial charge is 0.444 e. The van der Waals surface area contributed by atoms with E-state index in [-0.39, 0.29) is 0 Å². The van der Waals surface area contributed by atoms with Crippen LogP contribution < -0.4 is 0 Å². The molecule has 0 aliphatic carbocycles. The number of rotatable bonds is 4. The molecule has 0 bridgehead atoms. The average molecular weight is 167 g/mol. The first-order chi connectivity index (χ1) is 5.74. The third kappa shape index (κ3) is 4.51. The average Bonchev–Trinajstić information content (AvgIpc) is 2.04. The van der Waals surface area contributed by atoms with Gasteiger partial charge in [0.25, 0.3) is 0 Å². The predicted molar refractivity (Wildman–Crippen MR) is 45.2 cm³/mol. The van der Waals surface area contributed by atoms with Crippen molar-refractivity contribution in [3.05, 3.63) is 12.2 Å². The zero-order chi connectivity index (χ0) is 9.40. The number of hydrogen-bond acceptors (Lipinski definition) is 3. The van der Waals surface area contributed by atoms with Gasteiger partial charge in [-0.25, -0.2) is 4.79 Å². The molecule has 0 aromatic heterocycles. The van der Waals surface area contributed by atoms with Crippen LogP contribution in [0.2, 0.25) is 0 Å². The summed E-state index contributed by atoms with van der Waals surface area (Å²) in [6.07, 6.45) is 3.72. The molecule has 1 atom stereocenters. The number of nitrogens with zero attached hydrogens (tertiary/aromatic N) is 1. The van der Waals surface area contributed by atoms with E-state index in [9.17, 15) is 4.79 Å². The van der Waals surface area contributed by atoms with Crippen LogP contribution in [-0.2, 0) is 9.53 Å². The van der Waals surface area contributed by atoms with E-state index in [2.05, 4.69) is 0 Å². The van der Waals surface area contributed by atoms with Gasteiger partial charge < -0.3 is 4.74 Å². The molecule has 0 amide bonds. The molecule has 0 aromatic rings. The minimum Gasteiger partial charge on any atom is -0.444 e. The maximum atomic E-state index is 10.8. The fraction of sp³-hybridized carbons (Fsp3) is 0.556. The maximum absolute atomic E-state index is 10.8. The second kappa shape index (κ2) is 6.41. The quantitative estimate of drug-likeness (QED) is 0.474. The number of esters is 1. The molecule has 0 aromatic carbocycles. The summed E-state index contributed by atoms with van der Waals surface area (Å²) in [5.74, 6) is -0.447. The Balaban J connectivity index is 3.87. The van der Waals surface area contributed by atoms with Gasteiger partial charge in [-0.1, -0.05) is 19.4 Å². The van der Waals surface area contributed by atoms with E-state index in [4.69, 9.17) is 10.00 Å². The van der Waals surface area contributed by atoms with Crippen molar-refractivity contribution >= 4 is 5.97 Å². The van der Waals surface area contributed by atoms with Gasteiger partial charge in [-0.05, 0) is 13.3 Å². The molecule has 0 saturated heterocycles. The van der Waals surface area contributed by atoms with Gasteiger partial charge in [0.2, 0.25) is 0 Å². The molecule has 0 aliphatic rings. The Morgan fingerprint density at radius 2 is 2.42 bits per heavy atom. The molecule has 0 N–H and O–H groups in total. The second-order valence-corrected chi connectivity index (χ2v) is 2.34. The summed E-state index contributed by atoms with van der Waals surface area (Å²) in [6.45, 7) is 3.66. The molecule has 0 rings (SSSR count). The van der Waals surface area contributed by atoms with Crippen LogP contribution in [0.1, 0.15) is 26.7 Å². The number of hydrogen-bond donors (Lipinski definition) is 0. The number of nitriles is 1. The van der Waals surface area contributed by atoms with Gasteiger partial charge in [0.1, 0.15) is 6.07 Å². The summed E-state index contributed by atoms with van der Waals surface area (Å²) in [5, 5.41) is 8.52. The third-order valence-electron chi connectivity index (χ3n) is 1.26. The number of ether oxygens (including phenoxy) is 1. The molecule has 0 fully saturated rings.